The number of methoxy groups -OCH3 is 1. The van der Waals surface area contributed by atoms with Crippen LogP contribution < -0.4 is 4.74 Å². The summed E-state index contributed by atoms with van der Waals surface area (Å²) in [5.74, 6) is 0.393. The SMILES string of the molecule is COc1ccc(Br)cc1S(=O)(=O)C1CCOCC1. The lowest BCUT2D eigenvalue weighted by molar-refractivity contribution is 0.0983. The van der Waals surface area contributed by atoms with E-state index in [1.165, 1.54) is 7.11 Å². The molecular weight excluding hydrogens is 320 g/mol. The van der Waals surface area contributed by atoms with Crippen molar-refractivity contribution < 1.29 is 17.9 Å². The molecule has 1 heterocycles. The van der Waals surface area contributed by atoms with E-state index >= 15 is 0 Å². The summed E-state index contributed by atoms with van der Waals surface area (Å²) >= 11 is 3.30. The zero-order valence-corrected chi connectivity index (χ0v) is 12.5. The molecule has 0 aromatic heterocycles. The first kappa shape index (κ1) is 13.8. The van der Waals surface area contributed by atoms with Gasteiger partial charge >= 0.3 is 0 Å². The number of halogens is 1. The highest BCUT2D eigenvalue weighted by atomic mass is 79.9. The van der Waals surface area contributed by atoms with Gasteiger partial charge in [0, 0.05) is 17.7 Å². The molecule has 1 aromatic rings. The minimum absolute atomic E-state index is 0.256. The Labute approximate surface area is 115 Å². The smallest absolute Gasteiger partial charge is 0.185 e. The average molecular weight is 335 g/mol. The van der Waals surface area contributed by atoms with Gasteiger partial charge < -0.3 is 9.47 Å². The topological polar surface area (TPSA) is 52.6 Å². The van der Waals surface area contributed by atoms with Gasteiger partial charge in [-0.2, -0.15) is 0 Å². The van der Waals surface area contributed by atoms with Gasteiger partial charge in [0.2, 0.25) is 0 Å². The van der Waals surface area contributed by atoms with E-state index < -0.39 is 9.84 Å². The van der Waals surface area contributed by atoms with Crippen molar-refractivity contribution in [2.75, 3.05) is 20.3 Å². The average Bonchev–Trinajstić information content (AvgIpc) is 2.39. The summed E-state index contributed by atoms with van der Waals surface area (Å²) in [7, 11) is -1.88. The summed E-state index contributed by atoms with van der Waals surface area (Å²) in [5, 5.41) is -0.380. The summed E-state index contributed by atoms with van der Waals surface area (Å²) in [6.07, 6.45) is 1.08. The van der Waals surface area contributed by atoms with Crippen molar-refractivity contribution in [3.8, 4) is 5.75 Å². The third-order valence-corrected chi connectivity index (χ3v) is 5.81. The van der Waals surface area contributed by atoms with Gasteiger partial charge in [-0.1, -0.05) is 15.9 Å². The maximum atomic E-state index is 12.6. The Morgan fingerprint density at radius 3 is 2.61 bits per heavy atom. The molecule has 0 amide bonds. The molecule has 18 heavy (non-hydrogen) atoms. The molecule has 1 saturated heterocycles. The van der Waals surface area contributed by atoms with Crippen LogP contribution in [0.3, 0.4) is 0 Å². The van der Waals surface area contributed by atoms with E-state index in [4.69, 9.17) is 9.47 Å². The van der Waals surface area contributed by atoms with Crippen molar-refractivity contribution >= 4 is 25.8 Å². The second kappa shape index (κ2) is 5.59. The molecule has 1 aliphatic heterocycles. The van der Waals surface area contributed by atoms with Gasteiger partial charge in [-0.05, 0) is 31.0 Å². The minimum Gasteiger partial charge on any atom is -0.495 e. The maximum Gasteiger partial charge on any atom is 0.185 e. The quantitative estimate of drug-likeness (QED) is 0.851. The number of rotatable bonds is 3. The molecule has 4 nitrogen and oxygen atoms in total. The monoisotopic (exact) mass is 334 g/mol. The van der Waals surface area contributed by atoms with E-state index in [-0.39, 0.29) is 10.1 Å². The molecule has 0 radical (unpaired) electrons. The van der Waals surface area contributed by atoms with Crippen LogP contribution in [-0.2, 0) is 14.6 Å². The van der Waals surface area contributed by atoms with Crippen molar-refractivity contribution in [1.82, 2.24) is 0 Å². The fraction of sp³-hybridized carbons (Fsp3) is 0.500. The Hall–Kier alpha value is -0.590. The Balaban J connectivity index is 2.42. The van der Waals surface area contributed by atoms with Crippen LogP contribution in [0.5, 0.6) is 5.75 Å². The van der Waals surface area contributed by atoms with E-state index in [2.05, 4.69) is 15.9 Å². The third-order valence-electron chi connectivity index (χ3n) is 3.04. The molecule has 6 heteroatoms. The van der Waals surface area contributed by atoms with E-state index in [1.54, 1.807) is 18.2 Å². The van der Waals surface area contributed by atoms with Crippen LogP contribution in [-0.4, -0.2) is 34.0 Å². The van der Waals surface area contributed by atoms with Crippen molar-refractivity contribution in [3.05, 3.63) is 22.7 Å². The molecule has 0 saturated carbocycles. The number of sulfone groups is 1. The van der Waals surface area contributed by atoms with Crippen LogP contribution >= 0.6 is 15.9 Å². The fourth-order valence-electron chi connectivity index (χ4n) is 2.04. The molecule has 1 aliphatic rings. The standard InChI is InChI=1S/C12H15BrO4S/c1-16-11-3-2-9(13)8-12(11)18(14,15)10-4-6-17-7-5-10/h2-3,8,10H,4-7H2,1H3. The second-order valence-corrected chi connectivity index (χ2v) is 7.26. The zero-order chi connectivity index (χ0) is 13.2. The summed E-state index contributed by atoms with van der Waals surface area (Å²) in [6, 6.07) is 5.03. The predicted molar refractivity (Wildman–Crippen MR) is 71.7 cm³/mol. The van der Waals surface area contributed by atoms with Crippen LogP contribution in [0.1, 0.15) is 12.8 Å². The van der Waals surface area contributed by atoms with Crippen molar-refractivity contribution in [1.29, 1.82) is 0 Å². The van der Waals surface area contributed by atoms with Gasteiger partial charge in [0.1, 0.15) is 10.6 Å². The Morgan fingerprint density at radius 1 is 1.33 bits per heavy atom. The van der Waals surface area contributed by atoms with E-state index in [9.17, 15) is 8.42 Å². The first-order chi connectivity index (χ1) is 8.55. The van der Waals surface area contributed by atoms with Gasteiger partial charge in [0.15, 0.2) is 9.84 Å². The molecule has 0 N–H and O–H groups in total. The van der Waals surface area contributed by atoms with Gasteiger partial charge in [0.25, 0.3) is 0 Å². The van der Waals surface area contributed by atoms with Crippen LogP contribution in [0.2, 0.25) is 0 Å². The van der Waals surface area contributed by atoms with E-state index in [1.807, 2.05) is 0 Å². The van der Waals surface area contributed by atoms with Crippen molar-refractivity contribution in [2.24, 2.45) is 0 Å². The lowest BCUT2D eigenvalue weighted by Gasteiger charge is -2.23. The fourth-order valence-corrected chi connectivity index (χ4v) is 4.45. The summed E-state index contributed by atoms with van der Waals surface area (Å²) in [6.45, 7) is 1.00. The molecule has 1 fully saturated rings. The van der Waals surface area contributed by atoms with Crippen molar-refractivity contribution in [2.45, 2.75) is 23.0 Å². The molecule has 0 bridgehead atoms. The van der Waals surface area contributed by atoms with Crippen LogP contribution in [0.25, 0.3) is 0 Å². The van der Waals surface area contributed by atoms with Gasteiger partial charge in [-0.15, -0.1) is 0 Å². The summed E-state index contributed by atoms with van der Waals surface area (Å²) in [4.78, 5) is 0.256. The lowest BCUT2D eigenvalue weighted by Crippen LogP contribution is -2.29. The molecule has 0 unspecified atom stereocenters. The van der Waals surface area contributed by atoms with E-state index in [0.29, 0.717) is 31.8 Å². The van der Waals surface area contributed by atoms with E-state index in [0.717, 1.165) is 4.47 Å². The van der Waals surface area contributed by atoms with Crippen LogP contribution in [0, 0.1) is 0 Å². The number of ether oxygens (including phenoxy) is 2. The lowest BCUT2D eigenvalue weighted by atomic mass is 10.2. The molecule has 100 valence electrons. The molecule has 2 rings (SSSR count). The number of hydrogen-bond donors (Lipinski definition) is 0. The van der Waals surface area contributed by atoms with Gasteiger partial charge in [0.05, 0.1) is 12.4 Å². The third kappa shape index (κ3) is 2.70. The predicted octanol–water partition coefficient (Wildman–Crippen LogP) is 2.41. The Kier molecular flexibility index (Phi) is 4.29. The number of hydrogen-bond acceptors (Lipinski definition) is 4. The first-order valence-electron chi connectivity index (χ1n) is 5.71. The van der Waals surface area contributed by atoms with Crippen LogP contribution in [0.15, 0.2) is 27.6 Å². The first-order valence-corrected chi connectivity index (χ1v) is 8.05. The second-order valence-electron chi connectivity index (χ2n) is 4.15. The summed E-state index contributed by atoms with van der Waals surface area (Å²) < 4.78 is 36.2. The highest BCUT2D eigenvalue weighted by Gasteiger charge is 2.31. The highest BCUT2D eigenvalue weighted by Crippen LogP contribution is 2.32. The molecule has 1 aromatic carbocycles. The molecule has 0 atom stereocenters. The van der Waals surface area contributed by atoms with Crippen molar-refractivity contribution in [3.63, 3.8) is 0 Å². The minimum atomic E-state index is -3.36. The zero-order valence-electron chi connectivity index (χ0n) is 10.1. The molecule has 0 spiro atoms. The summed E-state index contributed by atoms with van der Waals surface area (Å²) in [5.41, 5.74) is 0. The van der Waals surface area contributed by atoms with Gasteiger partial charge in [-0.25, -0.2) is 8.42 Å². The normalized spacial score (nSPS) is 17.7. The van der Waals surface area contributed by atoms with Crippen LogP contribution in [0.4, 0.5) is 0 Å². The molecule has 0 aliphatic carbocycles. The Morgan fingerprint density at radius 2 is 2.00 bits per heavy atom. The maximum absolute atomic E-state index is 12.6. The number of benzene rings is 1. The van der Waals surface area contributed by atoms with Gasteiger partial charge in [-0.3, -0.25) is 0 Å². The molecular formula is C12H15BrO4S. The largest absolute Gasteiger partial charge is 0.495 e. The Bertz CT molecular complexity index is 521. The highest BCUT2D eigenvalue weighted by molar-refractivity contribution is 9.10.